The van der Waals surface area contributed by atoms with Crippen molar-refractivity contribution in [3.63, 3.8) is 0 Å². The normalized spacial score (nSPS) is 13.6. The molecule has 0 aromatic heterocycles. The summed E-state index contributed by atoms with van der Waals surface area (Å²) in [5, 5.41) is 9.24. The van der Waals surface area contributed by atoms with Crippen LogP contribution in [-0.2, 0) is 0 Å². The lowest BCUT2D eigenvalue weighted by Gasteiger charge is -2.28. The summed E-state index contributed by atoms with van der Waals surface area (Å²) in [6.07, 6.45) is 0. The van der Waals surface area contributed by atoms with Crippen molar-refractivity contribution >= 4 is 0 Å². The first-order chi connectivity index (χ1) is 7.43. The van der Waals surface area contributed by atoms with E-state index < -0.39 is 0 Å². The van der Waals surface area contributed by atoms with E-state index in [-0.39, 0.29) is 23.8 Å². The van der Waals surface area contributed by atoms with E-state index in [1.54, 1.807) is 12.1 Å². The molecule has 0 radical (unpaired) electrons. The van der Waals surface area contributed by atoms with Gasteiger partial charge in [0.05, 0.1) is 6.61 Å². The molecule has 0 bridgehead atoms. The van der Waals surface area contributed by atoms with E-state index in [0.717, 1.165) is 0 Å². The van der Waals surface area contributed by atoms with Crippen LogP contribution in [0.3, 0.4) is 0 Å². The third-order valence-corrected chi connectivity index (χ3v) is 2.69. The van der Waals surface area contributed by atoms with Crippen LogP contribution in [0.25, 0.3) is 0 Å². The van der Waals surface area contributed by atoms with E-state index in [0.29, 0.717) is 12.4 Å². The van der Waals surface area contributed by atoms with Crippen LogP contribution in [0.2, 0.25) is 0 Å². The maximum Gasteiger partial charge on any atom is 0.126 e. The lowest BCUT2D eigenvalue weighted by atomic mass is 9.82. The van der Waals surface area contributed by atoms with E-state index in [4.69, 9.17) is 4.74 Å². The molecule has 16 heavy (non-hydrogen) atoms. The standard InChI is InChI=1S/C13H19FO2/c1-13(2,3)10(8-15)9-16-12-6-4-5-11(14)7-12/h4-7,10,15H,8-9H2,1-3H3. The molecule has 1 atom stereocenters. The van der Waals surface area contributed by atoms with Crippen molar-refractivity contribution in [2.75, 3.05) is 13.2 Å². The maximum atomic E-state index is 12.9. The Hall–Kier alpha value is -1.09. The van der Waals surface area contributed by atoms with Crippen LogP contribution < -0.4 is 4.74 Å². The minimum Gasteiger partial charge on any atom is -0.493 e. The Bertz CT molecular complexity index is 331. The van der Waals surface area contributed by atoms with Crippen LogP contribution in [0.15, 0.2) is 24.3 Å². The monoisotopic (exact) mass is 226 g/mol. The molecule has 2 nitrogen and oxygen atoms in total. The Morgan fingerprint density at radius 3 is 2.56 bits per heavy atom. The Morgan fingerprint density at radius 2 is 2.06 bits per heavy atom. The van der Waals surface area contributed by atoms with E-state index in [1.807, 2.05) is 20.8 Å². The summed E-state index contributed by atoms with van der Waals surface area (Å²) in [6.45, 7) is 6.59. The van der Waals surface area contributed by atoms with Crippen molar-refractivity contribution in [2.45, 2.75) is 20.8 Å². The van der Waals surface area contributed by atoms with Gasteiger partial charge in [0.25, 0.3) is 0 Å². The fraction of sp³-hybridized carbons (Fsp3) is 0.538. The molecule has 1 aromatic rings. The highest BCUT2D eigenvalue weighted by Crippen LogP contribution is 2.26. The Balaban J connectivity index is 2.56. The average Bonchev–Trinajstić information content (AvgIpc) is 2.16. The zero-order valence-electron chi connectivity index (χ0n) is 10.0. The summed E-state index contributed by atoms with van der Waals surface area (Å²) in [4.78, 5) is 0. The van der Waals surface area contributed by atoms with Crippen LogP contribution in [0.1, 0.15) is 20.8 Å². The molecule has 0 aliphatic heterocycles. The predicted octanol–water partition coefficient (Wildman–Crippen LogP) is 2.86. The molecule has 0 saturated heterocycles. The number of aliphatic hydroxyl groups is 1. The second kappa shape index (κ2) is 5.30. The summed E-state index contributed by atoms with van der Waals surface area (Å²) >= 11 is 0. The van der Waals surface area contributed by atoms with Crippen LogP contribution in [0, 0.1) is 17.2 Å². The highest BCUT2D eigenvalue weighted by Gasteiger charge is 2.24. The van der Waals surface area contributed by atoms with Gasteiger partial charge in [-0.3, -0.25) is 0 Å². The number of hydrogen-bond acceptors (Lipinski definition) is 2. The van der Waals surface area contributed by atoms with Gasteiger partial charge in [0.15, 0.2) is 0 Å². The second-order valence-corrected chi connectivity index (χ2v) is 5.01. The van der Waals surface area contributed by atoms with Gasteiger partial charge in [-0.2, -0.15) is 0 Å². The Morgan fingerprint density at radius 1 is 1.38 bits per heavy atom. The molecule has 0 saturated carbocycles. The molecule has 1 rings (SSSR count). The minimum absolute atomic E-state index is 0.0257. The van der Waals surface area contributed by atoms with Crippen LogP contribution >= 0.6 is 0 Å². The zero-order chi connectivity index (χ0) is 12.2. The van der Waals surface area contributed by atoms with Crippen molar-refractivity contribution in [1.29, 1.82) is 0 Å². The summed E-state index contributed by atoms with van der Waals surface area (Å²) in [6, 6.07) is 6.03. The largest absolute Gasteiger partial charge is 0.493 e. The first-order valence-corrected chi connectivity index (χ1v) is 5.42. The van der Waals surface area contributed by atoms with Crippen LogP contribution in [-0.4, -0.2) is 18.3 Å². The smallest absolute Gasteiger partial charge is 0.126 e. The topological polar surface area (TPSA) is 29.5 Å². The van der Waals surface area contributed by atoms with Crippen molar-refractivity contribution in [2.24, 2.45) is 11.3 Å². The molecular weight excluding hydrogens is 207 g/mol. The van der Waals surface area contributed by atoms with E-state index in [9.17, 15) is 9.50 Å². The SMILES string of the molecule is CC(C)(C)C(CO)COc1cccc(F)c1. The number of ether oxygens (including phenoxy) is 1. The van der Waals surface area contributed by atoms with Gasteiger partial charge in [-0.25, -0.2) is 4.39 Å². The van der Waals surface area contributed by atoms with Crippen molar-refractivity contribution in [3.05, 3.63) is 30.1 Å². The van der Waals surface area contributed by atoms with Crippen molar-refractivity contribution < 1.29 is 14.2 Å². The molecule has 0 aliphatic carbocycles. The van der Waals surface area contributed by atoms with Gasteiger partial charge in [-0.15, -0.1) is 0 Å². The number of hydrogen-bond donors (Lipinski definition) is 1. The molecule has 0 amide bonds. The second-order valence-electron chi connectivity index (χ2n) is 5.01. The van der Waals surface area contributed by atoms with Gasteiger partial charge < -0.3 is 9.84 Å². The van der Waals surface area contributed by atoms with Crippen molar-refractivity contribution in [3.8, 4) is 5.75 Å². The van der Waals surface area contributed by atoms with E-state index in [2.05, 4.69) is 0 Å². The van der Waals surface area contributed by atoms with E-state index in [1.165, 1.54) is 12.1 Å². The number of benzene rings is 1. The molecule has 90 valence electrons. The third-order valence-electron chi connectivity index (χ3n) is 2.69. The lowest BCUT2D eigenvalue weighted by Crippen LogP contribution is -2.29. The fourth-order valence-corrected chi connectivity index (χ4v) is 1.33. The summed E-state index contributed by atoms with van der Waals surface area (Å²) < 4.78 is 18.3. The molecule has 3 heteroatoms. The minimum atomic E-state index is -0.311. The summed E-state index contributed by atoms with van der Waals surface area (Å²) in [5.74, 6) is 0.229. The fourth-order valence-electron chi connectivity index (χ4n) is 1.33. The van der Waals surface area contributed by atoms with Gasteiger partial charge in [-0.05, 0) is 17.5 Å². The van der Waals surface area contributed by atoms with Gasteiger partial charge in [0.2, 0.25) is 0 Å². The number of rotatable bonds is 4. The molecule has 1 unspecified atom stereocenters. The summed E-state index contributed by atoms with van der Waals surface area (Å²) in [5.41, 5.74) is -0.0257. The maximum absolute atomic E-state index is 12.9. The van der Waals surface area contributed by atoms with Crippen LogP contribution in [0.5, 0.6) is 5.75 Å². The highest BCUT2D eigenvalue weighted by atomic mass is 19.1. The molecule has 0 spiro atoms. The molecule has 0 fully saturated rings. The Kier molecular flexibility index (Phi) is 4.30. The average molecular weight is 226 g/mol. The predicted molar refractivity (Wildman–Crippen MR) is 61.9 cm³/mol. The van der Waals surface area contributed by atoms with Gasteiger partial charge >= 0.3 is 0 Å². The molecular formula is C13H19FO2. The number of aliphatic hydroxyl groups excluding tert-OH is 1. The zero-order valence-corrected chi connectivity index (χ0v) is 10.0. The first-order valence-electron chi connectivity index (χ1n) is 5.42. The van der Waals surface area contributed by atoms with E-state index >= 15 is 0 Å². The Labute approximate surface area is 96.1 Å². The third kappa shape index (κ3) is 3.81. The quantitative estimate of drug-likeness (QED) is 0.855. The van der Waals surface area contributed by atoms with Gasteiger partial charge in [0.1, 0.15) is 11.6 Å². The molecule has 1 aromatic carbocycles. The number of halogens is 1. The van der Waals surface area contributed by atoms with Gasteiger partial charge in [0, 0.05) is 18.6 Å². The lowest BCUT2D eigenvalue weighted by molar-refractivity contribution is 0.0817. The molecule has 1 N–H and O–H groups in total. The van der Waals surface area contributed by atoms with Gasteiger partial charge in [-0.1, -0.05) is 26.8 Å². The summed E-state index contributed by atoms with van der Waals surface area (Å²) in [7, 11) is 0. The van der Waals surface area contributed by atoms with Crippen molar-refractivity contribution in [1.82, 2.24) is 0 Å². The highest BCUT2D eigenvalue weighted by molar-refractivity contribution is 5.22. The van der Waals surface area contributed by atoms with Crippen LogP contribution in [0.4, 0.5) is 4.39 Å². The molecule has 0 aliphatic rings. The first kappa shape index (κ1) is 13.0. The molecule has 0 heterocycles.